The molecular formula is C21H21FN2O2. The van der Waals surface area contributed by atoms with Crippen molar-refractivity contribution in [2.24, 2.45) is 0 Å². The summed E-state index contributed by atoms with van der Waals surface area (Å²) in [5, 5.41) is 5.49. The molecule has 2 aromatic carbocycles. The molecule has 1 saturated carbocycles. The SMILES string of the molecule is CNC(=O)c1ccc(/C=C/C(=O)NCC2(c3ccc(F)cc3)CC2)cc1. The molecule has 0 radical (unpaired) electrons. The topological polar surface area (TPSA) is 58.2 Å². The zero-order valence-corrected chi connectivity index (χ0v) is 14.6. The summed E-state index contributed by atoms with van der Waals surface area (Å²) in [5.74, 6) is -0.568. The molecule has 0 aliphatic heterocycles. The maximum Gasteiger partial charge on any atom is 0.251 e. The van der Waals surface area contributed by atoms with Gasteiger partial charge in [0, 0.05) is 30.6 Å². The molecule has 0 saturated heterocycles. The van der Waals surface area contributed by atoms with E-state index in [1.165, 1.54) is 18.2 Å². The van der Waals surface area contributed by atoms with Gasteiger partial charge in [-0.05, 0) is 54.3 Å². The van der Waals surface area contributed by atoms with Crippen molar-refractivity contribution in [3.05, 3.63) is 77.1 Å². The zero-order chi connectivity index (χ0) is 18.6. The first-order valence-corrected chi connectivity index (χ1v) is 8.56. The lowest BCUT2D eigenvalue weighted by molar-refractivity contribution is -0.116. The van der Waals surface area contributed by atoms with Crippen molar-refractivity contribution in [2.75, 3.05) is 13.6 Å². The Kier molecular flexibility index (Phi) is 5.16. The summed E-state index contributed by atoms with van der Waals surface area (Å²) in [7, 11) is 1.58. The predicted molar refractivity (Wildman–Crippen MR) is 99.2 cm³/mol. The van der Waals surface area contributed by atoms with Crippen LogP contribution in [0.1, 0.15) is 34.3 Å². The Morgan fingerprint density at radius 2 is 1.73 bits per heavy atom. The van der Waals surface area contributed by atoms with E-state index in [1.807, 2.05) is 0 Å². The Morgan fingerprint density at radius 3 is 2.31 bits per heavy atom. The second kappa shape index (κ2) is 7.52. The highest BCUT2D eigenvalue weighted by Gasteiger charge is 2.44. The van der Waals surface area contributed by atoms with E-state index >= 15 is 0 Å². The van der Waals surface area contributed by atoms with Gasteiger partial charge in [0.25, 0.3) is 5.91 Å². The molecule has 4 nitrogen and oxygen atoms in total. The number of rotatable bonds is 6. The summed E-state index contributed by atoms with van der Waals surface area (Å²) >= 11 is 0. The molecule has 134 valence electrons. The van der Waals surface area contributed by atoms with Gasteiger partial charge in [-0.1, -0.05) is 24.3 Å². The highest BCUT2D eigenvalue weighted by Crippen LogP contribution is 2.47. The average molecular weight is 352 g/mol. The second-order valence-electron chi connectivity index (χ2n) is 6.54. The first-order valence-electron chi connectivity index (χ1n) is 8.56. The maximum atomic E-state index is 13.1. The van der Waals surface area contributed by atoms with Crippen molar-refractivity contribution in [3.63, 3.8) is 0 Å². The molecule has 0 atom stereocenters. The van der Waals surface area contributed by atoms with Crippen LogP contribution in [0.3, 0.4) is 0 Å². The largest absolute Gasteiger partial charge is 0.355 e. The van der Waals surface area contributed by atoms with Crippen LogP contribution < -0.4 is 10.6 Å². The standard InChI is InChI=1S/C21H21FN2O2/c1-23-20(26)16-5-2-15(3-6-16)4-11-19(25)24-14-21(12-13-21)17-7-9-18(22)10-8-17/h2-11H,12-14H2,1H3,(H,23,26)(H,24,25)/b11-4+. The first kappa shape index (κ1) is 17.9. The summed E-state index contributed by atoms with van der Waals surface area (Å²) in [6.07, 6.45) is 5.17. The zero-order valence-electron chi connectivity index (χ0n) is 14.6. The van der Waals surface area contributed by atoms with Crippen molar-refractivity contribution in [2.45, 2.75) is 18.3 Å². The molecule has 1 aliphatic carbocycles. The van der Waals surface area contributed by atoms with Crippen LogP contribution in [-0.4, -0.2) is 25.4 Å². The van der Waals surface area contributed by atoms with Crippen LogP contribution in [0.4, 0.5) is 4.39 Å². The van der Waals surface area contributed by atoms with Crippen LogP contribution in [0.15, 0.2) is 54.6 Å². The molecule has 0 heterocycles. The average Bonchev–Trinajstić information content (AvgIpc) is 3.46. The number of carbonyl (C=O) groups excluding carboxylic acids is 2. The Bertz CT molecular complexity index is 822. The monoisotopic (exact) mass is 352 g/mol. The number of benzene rings is 2. The van der Waals surface area contributed by atoms with Gasteiger partial charge >= 0.3 is 0 Å². The van der Waals surface area contributed by atoms with Gasteiger partial charge in [-0.25, -0.2) is 4.39 Å². The fourth-order valence-electron chi connectivity index (χ4n) is 2.90. The summed E-state index contributed by atoms with van der Waals surface area (Å²) < 4.78 is 13.1. The lowest BCUT2D eigenvalue weighted by Gasteiger charge is -2.16. The minimum atomic E-state index is -0.251. The third-order valence-corrected chi connectivity index (χ3v) is 4.74. The molecule has 0 bridgehead atoms. The van der Waals surface area contributed by atoms with Crippen molar-refractivity contribution in [3.8, 4) is 0 Å². The normalized spacial score (nSPS) is 14.8. The fraction of sp³-hybridized carbons (Fsp3) is 0.238. The molecule has 0 spiro atoms. The highest BCUT2D eigenvalue weighted by atomic mass is 19.1. The summed E-state index contributed by atoms with van der Waals surface area (Å²) in [4.78, 5) is 23.6. The van der Waals surface area contributed by atoms with Crippen molar-refractivity contribution in [1.82, 2.24) is 10.6 Å². The predicted octanol–water partition coefficient (Wildman–Crippen LogP) is 3.05. The van der Waals surface area contributed by atoms with Crippen LogP contribution in [0, 0.1) is 5.82 Å². The van der Waals surface area contributed by atoms with Crippen LogP contribution in [0.2, 0.25) is 0 Å². The molecule has 2 amide bonds. The van der Waals surface area contributed by atoms with Gasteiger partial charge in [-0.2, -0.15) is 0 Å². The molecule has 0 aromatic heterocycles. The Balaban J connectivity index is 1.55. The lowest BCUT2D eigenvalue weighted by atomic mass is 9.96. The van der Waals surface area contributed by atoms with Crippen LogP contribution >= 0.6 is 0 Å². The van der Waals surface area contributed by atoms with Crippen LogP contribution in [0.25, 0.3) is 6.08 Å². The van der Waals surface area contributed by atoms with E-state index < -0.39 is 0 Å². The summed E-state index contributed by atoms with van der Waals surface area (Å²) in [6, 6.07) is 13.5. The Hall–Kier alpha value is -2.95. The minimum Gasteiger partial charge on any atom is -0.355 e. The minimum absolute atomic E-state index is 0.0631. The molecule has 2 N–H and O–H groups in total. The molecule has 26 heavy (non-hydrogen) atoms. The van der Waals surface area contributed by atoms with E-state index in [1.54, 1.807) is 49.5 Å². The van der Waals surface area contributed by atoms with E-state index in [-0.39, 0.29) is 23.0 Å². The van der Waals surface area contributed by atoms with E-state index in [0.29, 0.717) is 12.1 Å². The van der Waals surface area contributed by atoms with Gasteiger partial charge < -0.3 is 10.6 Å². The van der Waals surface area contributed by atoms with Gasteiger partial charge in [0.1, 0.15) is 5.82 Å². The Labute approximate surface area is 152 Å². The number of amides is 2. The number of nitrogens with one attached hydrogen (secondary N) is 2. The van der Waals surface area contributed by atoms with Crippen LogP contribution in [0.5, 0.6) is 0 Å². The number of halogens is 1. The molecular weight excluding hydrogens is 331 g/mol. The molecule has 1 aliphatic rings. The second-order valence-corrected chi connectivity index (χ2v) is 6.54. The molecule has 0 unspecified atom stereocenters. The lowest BCUT2D eigenvalue weighted by Crippen LogP contribution is -2.31. The van der Waals surface area contributed by atoms with Gasteiger partial charge in [-0.15, -0.1) is 0 Å². The third-order valence-electron chi connectivity index (χ3n) is 4.74. The first-order chi connectivity index (χ1) is 12.5. The maximum absolute atomic E-state index is 13.1. The molecule has 5 heteroatoms. The van der Waals surface area contributed by atoms with Gasteiger partial charge in [0.2, 0.25) is 5.91 Å². The summed E-state index contributed by atoms with van der Waals surface area (Å²) in [6.45, 7) is 0.539. The number of carbonyl (C=O) groups is 2. The fourth-order valence-corrected chi connectivity index (χ4v) is 2.90. The van der Waals surface area contributed by atoms with Crippen molar-refractivity contribution >= 4 is 17.9 Å². The molecule has 1 fully saturated rings. The molecule has 2 aromatic rings. The van der Waals surface area contributed by atoms with Crippen molar-refractivity contribution < 1.29 is 14.0 Å². The smallest absolute Gasteiger partial charge is 0.251 e. The van der Waals surface area contributed by atoms with E-state index in [9.17, 15) is 14.0 Å². The molecule has 3 rings (SSSR count). The van der Waals surface area contributed by atoms with Crippen LogP contribution in [-0.2, 0) is 10.2 Å². The van der Waals surface area contributed by atoms with Crippen molar-refractivity contribution in [1.29, 1.82) is 0 Å². The quantitative estimate of drug-likeness (QED) is 0.785. The third kappa shape index (κ3) is 4.17. The Morgan fingerprint density at radius 1 is 1.08 bits per heavy atom. The van der Waals surface area contributed by atoms with Gasteiger partial charge in [0.15, 0.2) is 0 Å². The van der Waals surface area contributed by atoms with E-state index in [0.717, 1.165) is 24.0 Å². The number of hydrogen-bond donors (Lipinski definition) is 2. The summed E-state index contributed by atoms with van der Waals surface area (Å²) in [5.41, 5.74) is 2.41. The number of hydrogen-bond acceptors (Lipinski definition) is 2. The van der Waals surface area contributed by atoms with E-state index in [4.69, 9.17) is 0 Å². The van der Waals surface area contributed by atoms with Gasteiger partial charge in [-0.3, -0.25) is 9.59 Å². The highest BCUT2D eigenvalue weighted by molar-refractivity contribution is 5.94. The van der Waals surface area contributed by atoms with Gasteiger partial charge in [0.05, 0.1) is 0 Å². The van der Waals surface area contributed by atoms with E-state index in [2.05, 4.69) is 10.6 Å².